The summed E-state index contributed by atoms with van der Waals surface area (Å²) in [6.45, 7) is 0.353. The van der Waals surface area contributed by atoms with Crippen molar-refractivity contribution in [1.82, 2.24) is 10.3 Å². The molecule has 0 saturated heterocycles. The number of ketones is 1. The Bertz CT molecular complexity index is 1060. The Kier molecular flexibility index (Phi) is 5.70. The Morgan fingerprint density at radius 3 is 2.86 bits per heavy atom. The molecule has 0 spiro atoms. The van der Waals surface area contributed by atoms with E-state index in [1.165, 1.54) is 11.8 Å². The highest BCUT2D eigenvalue weighted by Crippen LogP contribution is 2.32. The van der Waals surface area contributed by atoms with Gasteiger partial charge in [0.25, 0.3) is 5.91 Å². The van der Waals surface area contributed by atoms with Crippen LogP contribution in [-0.4, -0.2) is 36.3 Å². The number of hydrogen-bond donors (Lipinski definition) is 2. The van der Waals surface area contributed by atoms with Crippen LogP contribution >= 0.6 is 22.7 Å². The van der Waals surface area contributed by atoms with Crippen LogP contribution < -0.4 is 10.6 Å². The van der Waals surface area contributed by atoms with Crippen LogP contribution in [0.4, 0.5) is 5.13 Å². The van der Waals surface area contributed by atoms with Gasteiger partial charge in [-0.05, 0) is 17.5 Å². The summed E-state index contributed by atoms with van der Waals surface area (Å²) in [4.78, 5) is 42.7. The summed E-state index contributed by atoms with van der Waals surface area (Å²) in [5, 5.41) is 7.08. The number of aromatic nitrogens is 1. The molecule has 0 radical (unpaired) electrons. The van der Waals surface area contributed by atoms with Crippen molar-refractivity contribution in [2.75, 3.05) is 19.0 Å². The highest BCUT2D eigenvalue weighted by molar-refractivity contribution is 7.19. The molecular weight excluding hydrogens is 410 g/mol. The summed E-state index contributed by atoms with van der Waals surface area (Å²) in [6, 6.07) is 10.1. The van der Waals surface area contributed by atoms with Gasteiger partial charge in [0, 0.05) is 29.5 Å². The van der Waals surface area contributed by atoms with Crippen molar-refractivity contribution in [3.8, 4) is 0 Å². The van der Waals surface area contributed by atoms with Gasteiger partial charge >= 0.3 is 0 Å². The van der Waals surface area contributed by atoms with Crippen LogP contribution in [0.25, 0.3) is 10.1 Å². The zero-order chi connectivity index (χ0) is 20.4. The summed E-state index contributed by atoms with van der Waals surface area (Å²) < 4.78 is 5.96. The maximum atomic E-state index is 12.6. The number of ether oxygens (including phenoxy) is 1. The number of carbonyl (C=O) groups excluding carboxylic acids is 3. The van der Waals surface area contributed by atoms with Gasteiger partial charge in [0.1, 0.15) is 6.61 Å². The molecule has 1 aromatic carbocycles. The van der Waals surface area contributed by atoms with Crippen molar-refractivity contribution in [1.29, 1.82) is 0 Å². The zero-order valence-electron chi connectivity index (χ0n) is 15.7. The van der Waals surface area contributed by atoms with Crippen molar-refractivity contribution in [2.45, 2.75) is 19.4 Å². The van der Waals surface area contributed by atoms with Gasteiger partial charge in [0.2, 0.25) is 5.91 Å². The minimum absolute atomic E-state index is 0.0824. The van der Waals surface area contributed by atoms with Crippen LogP contribution in [0, 0.1) is 5.92 Å². The molecule has 2 N–H and O–H groups in total. The lowest BCUT2D eigenvalue weighted by Crippen LogP contribution is -2.35. The molecule has 29 heavy (non-hydrogen) atoms. The SMILES string of the molecule is COCC(=O)Nc1nc2c(s1)C(=O)CC(C(=O)NCc1cc3ccccc3s1)C2. The minimum atomic E-state index is -0.450. The lowest BCUT2D eigenvalue weighted by Gasteiger charge is -2.19. The predicted molar refractivity (Wildman–Crippen MR) is 112 cm³/mol. The van der Waals surface area contributed by atoms with Crippen LogP contribution in [0.15, 0.2) is 30.3 Å². The third-order valence-corrected chi connectivity index (χ3v) is 6.80. The van der Waals surface area contributed by atoms with Gasteiger partial charge in [-0.1, -0.05) is 29.5 Å². The molecule has 2 heterocycles. The molecule has 0 bridgehead atoms. The molecule has 9 heteroatoms. The topological polar surface area (TPSA) is 97.4 Å². The standard InChI is InChI=1S/C20H19N3O4S2/c1-27-10-17(25)23-20-22-14-7-12(8-15(24)18(14)29-20)19(26)21-9-13-6-11-4-2-3-5-16(11)28-13/h2-6,12H,7-10H2,1H3,(H,21,26)(H,22,23,25). The first-order valence-electron chi connectivity index (χ1n) is 9.10. The number of carbonyl (C=O) groups is 3. The number of thiazole rings is 1. The zero-order valence-corrected chi connectivity index (χ0v) is 17.3. The number of hydrogen-bond acceptors (Lipinski definition) is 7. The fourth-order valence-electron chi connectivity index (χ4n) is 3.30. The van der Waals surface area contributed by atoms with Crippen molar-refractivity contribution >= 4 is 55.5 Å². The molecule has 2 amide bonds. The second-order valence-electron chi connectivity index (χ2n) is 6.77. The van der Waals surface area contributed by atoms with E-state index >= 15 is 0 Å². The molecule has 1 unspecified atom stereocenters. The molecule has 7 nitrogen and oxygen atoms in total. The van der Waals surface area contributed by atoms with E-state index in [4.69, 9.17) is 4.74 Å². The highest BCUT2D eigenvalue weighted by atomic mass is 32.1. The maximum absolute atomic E-state index is 12.6. The molecule has 0 aliphatic heterocycles. The van der Waals surface area contributed by atoms with E-state index in [-0.39, 0.29) is 30.6 Å². The Balaban J connectivity index is 1.39. The van der Waals surface area contributed by atoms with Gasteiger partial charge in [0.05, 0.1) is 23.0 Å². The van der Waals surface area contributed by atoms with E-state index in [1.807, 2.05) is 18.2 Å². The third-order valence-electron chi connectivity index (χ3n) is 4.63. The molecule has 1 aliphatic rings. The normalized spacial score (nSPS) is 15.9. The largest absolute Gasteiger partial charge is 0.375 e. The van der Waals surface area contributed by atoms with Gasteiger partial charge in [-0.25, -0.2) is 4.98 Å². The van der Waals surface area contributed by atoms with Crippen molar-refractivity contribution in [3.63, 3.8) is 0 Å². The van der Waals surface area contributed by atoms with E-state index in [9.17, 15) is 14.4 Å². The van der Waals surface area contributed by atoms with Crippen molar-refractivity contribution in [3.05, 3.63) is 45.8 Å². The molecule has 0 fully saturated rings. The summed E-state index contributed by atoms with van der Waals surface area (Å²) >= 11 is 2.79. The molecule has 1 aliphatic carbocycles. The fraction of sp³-hybridized carbons (Fsp3) is 0.300. The first kappa shape index (κ1) is 19.7. The molecule has 150 valence electrons. The van der Waals surface area contributed by atoms with Crippen molar-refractivity contribution < 1.29 is 19.1 Å². The van der Waals surface area contributed by atoms with E-state index in [2.05, 4.69) is 27.8 Å². The van der Waals surface area contributed by atoms with E-state index < -0.39 is 5.92 Å². The number of rotatable bonds is 6. The lowest BCUT2D eigenvalue weighted by atomic mass is 9.89. The van der Waals surface area contributed by atoms with E-state index in [0.29, 0.717) is 28.7 Å². The number of benzene rings is 1. The molecule has 1 atom stereocenters. The van der Waals surface area contributed by atoms with Crippen LogP contribution in [0.3, 0.4) is 0 Å². The van der Waals surface area contributed by atoms with Gasteiger partial charge in [-0.3, -0.25) is 19.7 Å². The van der Waals surface area contributed by atoms with E-state index in [0.717, 1.165) is 21.6 Å². The van der Waals surface area contributed by atoms with Gasteiger partial charge in [-0.15, -0.1) is 11.3 Å². The Hall–Kier alpha value is -2.62. The first-order valence-corrected chi connectivity index (χ1v) is 10.7. The number of Topliss-reactive ketones (excluding diaryl/α,β-unsaturated/α-hetero) is 1. The molecule has 0 saturated carbocycles. The van der Waals surface area contributed by atoms with Crippen LogP contribution in [0.1, 0.15) is 26.7 Å². The minimum Gasteiger partial charge on any atom is -0.375 e. The fourth-order valence-corrected chi connectivity index (χ4v) is 5.26. The summed E-state index contributed by atoms with van der Waals surface area (Å²) in [6.07, 6.45) is 0.537. The average Bonchev–Trinajstić information content (AvgIpc) is 3.29. The number of nitrogens with one attached hydrogen (secondary N) is 2. The van der Waals surface area contributed by atoms with Crippen LogP contribution in [-0.2, 0) is 27.3 Å². The number of methoxy groups -OCH3 is 1. The molecule has 2 aromatic heterocycles. The first-order chi connectivity index (χ1) is 14.0. The third kappa shape index (κ3) is 4.36. The highest BCUT2D eigenvalue weighted by Gasteiger charge is 2.33. The molecular formula is C20H19N3O4S2. The molecule has 3 aromatic rings. The smallest absolute Gasteiger partial charge is 0.252 e. The van der Waals surface area contributed by atoms with E-state index in [1.54, 1.807) is 11.3 Å². The summed E-state index contributed by atoms with van der Waals surface area (Å²) in [5.41, 5.74) is 0.570. The summed E-state index contributed by atoms with van der Waals surface area (Å²) in [5.74, 6) is -1.05. The van der Waals surface area contributed by atoms with Gasteiger partial charge < -0.3 is 10.1 Å². The quantitative estimate of drug-likeness (QED) is 0.628. The maximum Gasteiger partial charge on any atom is 0.252 e. The number of thiophene rings is 1. The summed E-state index contributed by atoms with van der Waals surface area (Å²) in [7, 11) is 1.43. The monoisotopic (exact) mass is 429 g/mol. The second kappa shape index (κ2) is 8.40. The number of nitrogens with zero attached hydrogens (tertiary/aromatic N) is 1. The lowest BCUT2D eigenvalue weighted by molar-refractivity contribution is -0.125. The Morgan fingerprint density at radius 2 is 2.07 bits per heavy atom. The average molecular weight is 430 g/mol. The van der Waals surface area contributed by atoms with Crippen LogP contribution in [0.5, 0.6) is 0 Å². The van der Waals surface area contributed by atoms with Crippen molar-refractivity contribution in [2.24, 2.45) is 5.92 Å². The second-order valence-corrected chi connectivity index (χ2v) is 8.94. The Morgan fingerprint density at radius 1 is 1.24 bits per heavy atom. The predicted octanol–water partition coefficient (Wildman–Crippen LogP) is 3.00. The number of anilines is 1. The Labute approximate surface area is 175 Å². The number of amides is 2. The van der Waals surface area contributed by atoms with Crippen LogP contribution in [0.2, 0.25) is 0 Å². The molecule has 4 rings (SSSR count). The van der Waals surface area contributed by atoms with Gasteiger partial charge in [0.15, 0.2) is 10.9 Å². The van der Waals surface area contributed by atoms with Gasteiger partial charge in [-0.2, -0.15) is 0 Å². The number of fused-ring (bicyclic) bond motifs is 2.